The highest BCUT2D eigenvalue weighted by molar-refractivity contribution is 5.94. The number of fused-ring (bicyclic) bond motifs is 1. The van der Waals surface area contributed by atoms with Crippen LogP contribution in [0, 0.1) is 0 Å². The summed E-state index contributed by atoms with van der Waals surface area (Å²) in [5.41, 5.74) is 10.1. The van der Waals surface area contributed by atoms with Gasteiger partial charge in [-0.05, 0) is 42.5 Å². The number of nitrogens with zero attached hydrogens (tertiary/aromatic N) is 1. The van der Waals surface area contributed by atoms with Crippen LogP contribution in [0.4, 0.5) is 5.69 Å². The molecule has 0 saturated heterocycles. The number of hydrogen-bond acceptors (Lipinski definition) is 2. The summed E-state index contributed by atoms with van der Waals surface area (Å²) in [6, 6.07) is 6.42. The maximum Gasteiger partial charge on any atom is 0.246 e. The van der Waals surface area contributed by atoms with Gasteiger partial charge < -0.3 is 10.6 Å². The van der Waals surface area contributed by atoms with Crippen LogP contribution < -0.4 is 10.6 Å². The summed E-state index contributed by atoms with van der Waals surface area (Å²) < 4.78 is 0. The molecule has 3 nitrogen and oxygen atoms in total. The normalized spacial score (nSPS) is 17.6. The molecule has 0 unspecified atom stereocenters. The van der Waals surface area contributed by atoms with Crippen molar-refractivity contribution in [3.63, 3.8) is 0 Å². The van der Waals surface area contributed by atoms with Gasteiger partial charge in [0.25, 0.3) is 0 Å². The number of hydrogen-bond donors (Lipinski definition) is 1. The van der Waals surface area contributed by atoms with E-state index in [0.717, 1.165) is 6.42 Å². The summed E-state index contributed by atoms with van der Waals surface area (Å²) in [6.45, 7) is 0.572. The van der Waals surface area contributed by atoms with Gasteiger partial charge in [0.05, 0.1) is 6.54 Å². The number of amides is 1. The lowest BCUT2D eigenvalue weighted by atomic mass is 10.1. The Kier molecular flexibility index (Phi) is 2.67. The van der Waals surface area contributed by atoms with Gasteiger partial charge in [-0.2, -0.15) is 0 Å². The molecular formula is C15H16N2O. The topological polar surface area (TPSA) is 46.3 Å². The number of aryl methyl sites for hydroxylation is 1. The summed E-state index contributed by atoms with van der Waals surface area (Å²) in [5, 5.41) is 0. The number of carbonyl (C=O) groups excluding carboxylic acids is 1. The van der Waals surface area contributed by atoms with Crippen molar-refractivity contribution < 1.29 is 4.79 Å². The molecule has 1 heterocycles. The average molecular weight is 240 g/mol. The molecule has 1 aliphatic heterocycles. The van der Waals surface area contributed by atoms with Crippen LogP contribution in [0.2, 0.25) is 0 Å². The Morgan fingerprint density at radius 2 is 2.17 bits per heavy atom. The largest absolute Gasteiger partial charge is 0.366 e. The lowest BCUT2D eigenvalue weighted by Crippen LogP contribution is -2.28. The van der Waals surface area contributed by atoms with Crippen LogP contribution in [-0.4, -0.2) is 12.5 Å². The molecule has 92 valence electrons. The van der Waals surface area contributed by atoms with E-state index in [1.807, 2.05) is 12.3 Å². The SMILES string of the molecule is NC(=O)C1=CC=CN(c2cccc3c2CCC3)C1. The van der Waals surface area contributed by atoms with Gasteiger partial charge >= 0.3 is 0 Å². The van der Waals surface area contributed by atoms with Gasteiger partial charge in [0.1, 0.15) is 0 Å². The highest BCUT2D eigenvalue weighted by Gasteiger charge is 2.20. The van der Waals surface area contributed by atoms with Crippen molar-refractivity contribution in [2.24, 2.45) is 5.73 Å². The zero-order valence-electron chi connectivity index (χ0n) is 10.2. The minimum absolute atomic E-state index is 0.336. The average Bonchev–Trinajstić information content (AvgIpc) is 2.87. The van der Waals surface area contributed by atoms with Crippen LogP contribution in [0.5, 0.6) is 0 Å². The fourth-order valence-electron chi connectivity index (χ4n) is 2.75. The Labute approximate surface area is 107 Å². The monoisotopic (exact) mass is 240 g/mol. The first-order valence-corrected chi connectivity index (χ1v) is 6.30. The van der Waals surface area contributed by atoms with Crippen molar-refractivity contribution in [1.82, 2.24) is 0 Å². The Morgan fingerprint density at radius 1 is 1.28 bits per heavy atom. The van der Waals surface area contributed by atoms with Crippen LogP contribution in [0.25, 0.3) is 0 Å². The predicted molar refractivity (Wildman–Crippen MR) is 72.2 cm³/mol. The zero-order chi connectivity index (χ0) is 12.5. The first-order valence-electron chi connectivity index (χ1n) is 6.30. The van der Waals surface area contributed by atoms with E-state index in [9.17, 15) is 4.79 Å². The molecule has 2 N–H and O–H groups in total. The van der Waals surface area contributed by atoms with Gasteiger partial charge in [-0.15, -0.1) is 0 Å². The number of anilines is 1. The Bertz CT molecular complexity index is 558. The minimum Gasteiger partial charge on any atom is -0.366 e. The fraction of sp³-hybridized carbons (Fsp3) is 0.267. The third-order valence-electron chi connectivity index (χ3n) is 3.65. The lowest BCUT2D eigenvalue weighted by molar-refractivity contribution is -0.114. The molecule has 0 aromatic heterocycles. The molecule has 3 rings (SSSR count). The number of benzene rings is 1. The van der Waals surface area contributed by atoms with Crippen molar-refractivity contribution in [3.8, 4) is 0 Å². The van der Waals surface area contributed by atoms with E-state index in [-0.39, 0.29) is 5.91 Å². The maximum absolute atomic E-state index is 11.3. The third kappa shape index (κ3) is 1.82. The number of primary amides is 1. The second kappa shape index (κ2) is 4.33. The van der Waals surface area contributed by atoms with Crippen molar-refractivity contribution in [3.05, 3.63) is 53.3 Å². The second-order valence-corrected chi connectivity index (χ2v) is 4.79. The molecule has 0 saturated carbocycles. The minimum atomic E-state index is -0.336. The molecule has 0 fully saturated rings. The van der Waals surface area contributed by atoms with Crippen molar-refractivity contribution in [1.29, 1.82) is 0 Å². The van der Waals surface area contributed by atoms with Crippen LogP contribution in [-0.2, 0) is 17.6 Å². The van der Waals surface area contributed by atoms with Gasteiger partial charge in [0.2, 0.25) is 5.91 Å². The van der Waals surface area contributed by atoms with E-state index in [1.165, 1.54) is 29.7 Å². The fourth-order valence-corrected chi connectivity index (χ4v) is 2.75. The van der Waals surface area contributed by atoms with E-state index in [0.29, 0.717) is 12.1 Å². The molecule has 0 atom stereocenters. The van der Waals surface area contributed by atoms with Crippen molar-refractivity contribution in [2.75, 3.05) is 11.4 Å². The number of carbonyl (C=O) groups is 1. The smallest absolute Gasteiger partial charge is 0.246 e. The highest BCUT2D eigenvalue weighted by Crippen LogP contribution is 2.32. The number of rotatable bonds is 2. The third-order valence-corrected chi connectivity index (χ3v) is 3.65. The second-order valence-electron chi connectivity index (χ2n) is 4.79. The van der Waals surface area contributed by atoms with Crippen molar-refractivity contribution in [2.45, 2.75) is 19.3 Å². The first kappa shape index (κ1) is 11.1. The Morgan fingerprint density at radius 3 is 3.00 bits per heavy atom. The van der Waals surface area contributed by atoms with Gasteiger partial charge in [-0.3, -0.25) is 4.79 Å². The Balaban J connectivity index is 1.94. The predicted octanol–water partition coefficient (Wildman–Crippen LogP) is 1.92. The molecule has 18 heavy (non-hydrogen) atoms. The molecule has 1 aromatic rings. The standard InChI is InChI=1S/C15H16N2O/c16-15(18)12-6-3-9-17(10-12)14-8-2-5-11-4-1-7-13(11)14/h2-3,5-6,8-9H,1,4,7,10H2,(H2,16,18). The number of allylic oxidation sites excluding steroid dienone is 2. The van der Waals surface area contributed by atoms with Crippen LogP contribution in [0.3, 0.4) is 0 Å². The molecule has 0 bridgehead atoms. The molecule has 0 radical (unpaired) electrons. The van der Waals surface area contributed by atoms with Crippen LogP contribution in [0.1, 0.15) is 17.5 Å². The molecule has 2 aliphatic rings. The Hall–Kier alpha value is -2.03. The molecular weight excluding hydrogens is 224 g/mol. The molecule has 1 aliphatic carbocycles. The van der Waals surface area contributed by atoms with Gasteiger partial charge in [0.15, 0.2) is 0 Å². The van der Waals surface area contributed by atoms with Gasteiger partial charge in [-0.1, -0.05) is 18.2 Å². The molecule has 1 aromatic carbocycles. The van der Waals surface area contributed by atoms with E-state index < -0.39 is 0 Å². The first-order chi connectivity index (χ1) is 8.75. The maximum atomic E-state index is 11.3. The molecule has 0 spiro atoms. The highest BCUT2D eigenvalue weighted by atomic mass is 16.1. The summed E-state index contributed by atoms with van der Waals surface area (Å²) in [6.07, 6.45) is 9.22. The van der Waals surface area contributed by atoms with Gasteiger partial charge in [-0.25, -0.2) is 0 Å². The quantitative estimate of drug-likeness (QED) is 0.858. The van der Waals surface area contributed by atoms with Crippen LogP contribution >= 0.6 is 0 Å². The lowest BCUT2D eigenvalue weighted by Gasteiger charge is -2.26. The summed E-state index contributed by atoms with van der Waals surface area (Å²) in [7, 11) is 0. The van der Waals surface area contributed by atoms with E-state index in [2.05, 4.69) is 23.1 Å². The summed E-state index contributed by atoms with van der Waals surface area (Å²) in [4.78, 5) is 13.4. The summed E-state index contributed by atoms with van der Waals surface area (Å²) in [5.74, 6) is -0.336. The molecule has 3 heteroatoms. The number of nitrogens with two attached hydrogens (primary N) is 1. The summed E-state index contributed by atoms with van der Waals surface area (Å²) >= 11 is 0. The van der Waals surface area contributed by atoms with E-state index in [4.69, 9.17) is 5.73 Å². The van der Waals surface area contributed by atoms with Crippen LogP contribution in [0.15, 0.2) is 42.1 Å². The molecule has 1 amide bonds. The van der Waals surface area contributed by atoms with E-state index >= 15 is 0 Å². The zero-order valence-corrected chi connectivity index (χ0v) is 10.2. The van der Waals surface area contributed by atoms with Gasteiger partial charge in [0, 0.05) is 17.5 Å². The van der Waals surface area contributed by atoms with Crippen molar-refractivity contribution >= 4 is 11.6 Å². The van der Waals surface area contributed by atoms with E-state index in [1.54, 1.807) is 6.08 Å².